The maximum Gasteiger partial charge on any atom is 0.254 e. The summed E-state index contributed by atoms with van der Waals surface area (Å²) >= 11 is 12.3. The van der Waals surface area contributed by atoms with Gasteiger partial charge in [0.1, 0.15) is 6.54 Å². The fraction of sp³-hybridized carbons (Fsp3) is 0.150. The second-order valence-corrected chi connectivity index (χ2v) is 7.24. The zero-order valence-electron chi connectivity index (χ0n) is 14.7. The number of anilines is 1. The van der Waals surface area contributed by atoms with Gasteiger partial charge in [0.2, 0.25) is 5.91 Å². The minimum absolute atomic E-state index is 0.0344. The second kappa shape index (κ2) is 7.66. The van der Waals surface area contributed by atoms with E-state index >= 15 is 0 Å². The number of amides is 2. The summed E-state index contributed by atoms with van der Waals surface area (Å²) < 4.78 is 0. The molecule has 2 aromatic carbocycles. The molecule has 2 N–H and O–H groups in total. The fourth-order valence-corrected chi connectivity index (χ4v) is 3.62. The monoisotopic (exact) mass is 414 g/mol. The molecule has 0 unspecified atom stereocenters. The molecule has 142 valence electrons. The Labute approximate surface area is 171 Å². The summed E-state index contributed by atoms with van der Waals surface area (Å²) in [5.41, 5.74) is 2.98. The van der Waals surface area contributed by atoms with Crippen LogP contribution in [0.15, 0.2) is 48.5 Å². The number of nitrogens with one attached hydrogen (secondary N) is 2. The summed E-state index contributed by atoms with van der Waals surface area (Å²) in [6.45, 7) is 0.473. The van der Waals surface area contributed by atoms with Crippen LogP contribution in [-0.2, 0) is 11.2 Å². The van der Waals surface area contributed by atoms with Crippen LogP contribution in [-0.4, -0.2) is 40.0 Å². The summed E-state index contributed by atoms with van der Waals surface area (Å²) in [5, 5.41) is 10.5. The highest BCUT2D eigenvalue weighted by atomic mass is 35.5. The molecule has 28 heavy (non-hydrogen) atoms. The molecule has 0 aliphatic carbocycles. The van der Waals surface area contributed by atoms with Gasteiger partial charge in [-0.3, -0.25) is 14.7 Å². The average Bonchev–Trinajstić information content (AvgIpc) is 3.14. The van der Waals surface area contributed by atoms with Crippen molar-refractivity contribution in [2.75, 3.05) is 18.4 Å². The molecule has 6 nitrogen and oxygen atoms in total. The van der Waals surface area contributed by atoms with Crippen LogP contribution < -0.4 is 5.32 Å². The molecule has 0 saturated heterocycles. The molecule has 0 fully saturated rings. The number of aromatic amines is 1. The number of fused-ring (bicyclic) bond motifs is 1. The predicted molar refractivity (Wildman–Crippen MR) is 109 cm³/mol. The first kappa shape index (κ1) is 18.5. The van der Waals surface area contributed by atoms with Gasteiger partial charge in [-0.15, -0.1) is 0 Å². The molecule has 0 saturated carbocycles. The average molecular weight is 415 g/mol. The lowest BCUT2D eigenvalue weighted by atomic mass is 9.99. The number of carbonyl (C=O) groups is 2. The van der Waals surface area contributed by atoms with Crippen molar-refractivity contribution < 1.29 is 9.59 Å². The van der Waals surface area contributed by atoms with E-state index < -0.39 is 0 Å². The van der Waals surface area contributed by atoms with Crippen LogP contribution in [0.4, 0.5) is 5.82 Å². The molecule has 1 aromatic heterocycles. The fourth-order valence-electron chi connectivity index (χ4n) is 3.22. The van der Waals surface area contributed by atoms with Crippen molar-refractivity contribution in [3.05, 3.63) is 69.7 Å². The van der Waals surface area contributed by atoms with Crippen molar-refractivity contribution >= 4 is 40.8 Å². The van der Waals surface area contributed by atoms with Gasteiger partial charge in [0, 0.05) is 23.7 Å². The Hall–Kier alpha value is -2.83. The van der Waals surface area contributed by atoms with Gasteiger partial charge in [-0.1, -0.05) is 53.5 Å². The largest absolute Gasteiger partial charge is 0.329 e. The number of H-pyrrole nitrogens is 1. The smallest absolute Gasteiger partial charge is 0.254 e. The lowest BCUT2D eigenvalue weighted by Crippen LogP contribution is -2.42. The predicted octanol–water partition coefficient (Wildman–Crippen LogP) is 4.02. The topological polar surface area (TPSA) is 78.1 Å². The van der Waals surface area contributed by atoms with Gasteiger partial charge in [0.05, 0.1) is 15.7 Å². The zero-order valence-corrected chi connectivity index (χ0v) is 16.2. The quantitative estimate of drug-likeness (QED) is 0.676. The number of rotatable bonds is 4. The Kier molecular flexibility index (Phi) is 5.07. The normalized spacial score (nSPS) is 13.4. The van der Waals surface area contributed by atoms with Crippen LogP contribution in [0.25, 0.3) is 11.3 Å². The molecule has 0 radical (unpaired) electrons. The summed E-state index contributed by atoms with van der Waals surface area (Å²) in [6, 6.07) is 14.4. The third-order valence-corrected chi connectivity index (χ3v) is 5.43. The van der Waals surface area contributed by atoms with E-state index in [0.29, 0.717) is 39.2 Å². The molecule has 1 aliphatic rings. The first-order valence-electron chi connectivity index (χ1n) is 8.70. The van der Waals surface area contributed by atoms with Crippen LogP contribution >= 0.6 is 23.2 Å². The van der Waals surface area contributed by atoms with E-state index in [1.54, 1.807) is 35.2 Å². The third kappa shape index (κ3) is 3.61. The van der Waals surface area contributed by atoms with Crippen LogP contribution in [0, 0.1) is 0 Å². The SMILES string of the molecule is O=C(CN1CCc2ccccc2C1=O)Nc1cc(-c2cccc(Cl)c2Cl)[nH]n1. The third-order valence-electron chi connectivity index (χ3n) is 4.61. The maximum absolute atomic E-state index is 12.6. The molecule has 3 aromatic rings. The van der Waals surface area contributed by atoms with E-state index in [1.807, 2.05) is 18.2 Å². The highest BCUT2D eigenvalue weighted by Gasteiger charge is 2.25. The number of hydrogen-bond donors (Lipinski definition) is 2. The number of aromatic nitrogens is 2. The first-order valence-corrected chi connectivity index (χ1v) is 9.45. The number of carbonyl (C=O) groups excluding carboxylic acids is 2. The van der Waals surface area contributed by atoms with Gasteiger partial charge >= 0.3 is 0 Å². The number of halogens is 2. The van der Waals surface area contributed by atoms with Crippen LogP contribution in [0.1, 0.15) is 15.9 Å². The Morgan fingerprint density at radius 1 is 1.14 bits per heavy atom. The summed E-state index contributed by atoms with van der Waals surface area (Å²) in [4.78, 5) is 26.5. The van der Waals surface area contributed by atoms with E-state index in [-0.39, 0.29) is 18.4 Å². The summed E-state index contributed by atoms with van der Waals surface area (Å²) in [6.07, 6.45) is 0.731. The number of nitrogens with zero attached hydrogens (tertiary/aromatic N) is 2. The van der Waals surface area contributed by atoms with Crippen molar-refractivity contribution in [1.82, 2.24) is 15.1 Å². The van der Waals surface area contributed by atoms with E-state index in [1.165, 1.54) is 0 Å². The molecular weight excluding hydrogens is 399 g/mol. The lowest BCUT2D eigenvalue weighted by Gasteiger charge is -2.27. The summed E-state index contributed by atoms with van der Waals surface area (Å²) in [7, 11) is 0. The standard InChI is InChI=1S/C20H16Cl2N4O2/c21-15-7-3-6-14(19(15)22)16-10-17(25-24-16)23-18(27)11-26-9-8-12-4-1-2-5-13(12)20(26)28/h1-7,10H,8-9,11H2,(H2,23,24,25,27). The van der Waals surface area contributed by atoms with Gasteiger partial charge in [0.15, 0.2) is 5.82 Å². The van der Waals surface area contributed by atoms with Gasteiger partial charge in [-0.2, -0.15) is 5.10 Å². The van der Waals surface area contributed by atoms with E-state index in [4.69, 9.17) is 23.2 Å². The molecule has 8 heteroatoms. The van der Waals surface area contributed by atoms with Crippen LogP contribution in [0.5, 0.6) is 0 Å². The molecule has 0 atom stereocenters. The molecular formula is C20H16Cl2N4O2. The highest BCUT2D eigenvalue weighted by molar-refractivity contribution is 6.43. The van der Waals surface area contributed by atoms with Gasteiger partial charge in [0.25, 0.3) is 5.91 Å². The Balaban J connectivity index is 1.43. The second-order valence-electron chi connectivity index (χ2n) is 6.45. The van der Waals surface area contributed by atoms with Crippen molar-refractivity contribution in [1.29, 1.82) is 0 Å². The minimum atomic E-state index is -0.317. The van der Waals surface area contributed by atoms with Crippen LogP contribution in [0.3, 0.4) is 0 Å². The molecule has 4 rings (SSSR count). The Morgan fingerprint density at radius 3 is 2.79 bits per heavy atom. The maximum atomic E-state index is 12.6. The van der Waals surface area contributed by atoms with Crippen molar-refractivity contribution in [3.63, 3.8) is 0 Å². The van der Waals surface area contributed by atoms with Crippen LogP contribution in [0.2, 0.25) is 10.0 Å². The van der Waals surface area contributed by atoms with Crippen molar-refractivity contribution in [2.45, 2.75) is 6.42 Å². The summed E-state index contributed by atoms with van der Waals surface area (Å²) in [5.74, 6) is -0.103. The zero-order chi connectivity index (χ0) is 19.7. The highest BCUT2D eigenvalue weighted by Crippen LogP contribution is 2.33. The molecule has 2 amide bonds. The molecule has 0 spiro atoms. The van der Waals surface area contributed by atoms with Gasteiger partial charge in [-0.25, -0.2) is 0 Å². The Bertz CT molecular complexity index is 1060. The molecule has 0 bridgehead atoms. The minimum Gasteiger partial charge on any atom is -0.329 e. The van der Waals surface area contributed by atoms with Gasteiger partial charge < -0.3 is 10.2 Å². The number of hydrogen-bond acceptors (Lipinski definition) is 3. The van der Waals surface area contributed by atoms with Gasteiger partial charge in [-0.05, 0) is 24.1 Å². The first-order chi connectivity index (χ1) is 13.5. The van der Waals surface area contributed by atoms with Crippen molar-refractivity contribution in [2.24, 2.45) is 0 Å². The van der Waals surface area contributed by atoms with E-state index in [9.17, 15) is 9.59 Å². The van der Waals surface area contributed by atoms with E-state index in [0.717, 1.165) is 12.0 Å². The van der Waals surface area contributed by atoms with Crippen molar-refractivity contribution in [3.8, 4) is 11.3 Å². The Morgan fingerprint density at radius 2 is 1.93 bits per heavy atom. The molecule has 1 aliphatic heterocycles. The molecule has 2 heterocycles. The number of benzene rings is 2. The lowest BCUT2D eigenvalue weighted by molar-refractivity contribution is -0.117. The van der Waals surface area contributed by atoms with E-state index in [2.05, 4.69) is 15.5 Å².